The van der Waals surface area contributed by atoms with Crippen molar-refractivity contribution >= 4 is 27.3 Å². The number of likely N-dealkylation sites (N-methyl/N-ethyl adjacent to an activating group) is 1. The Balaban J connectivity index is 2.19. The van der Waals surface area contributed by atoms with Gasteiger partial charge in [-0.05, 0) is 67.3 Å². The molecule has 1 N–H and O–H groups in total. The fraction of sp³-hybridized carbons (Fsp3) is 0.750. The van der Waals surface area contributed by atoms with Crippen LogP contribution in [-0.4, -0.2) is 37.1 Å². The number of rotatable bonds is 7. The highest BCUT2D eigenvalue weighted by atomic mass is 79.9. The van der Waals surface area contributed by atoms with Crippen molar-refractivity contribution < 1.29 is 0 Å². The average molecular weight is 359 g/mol. The Labute approximate surface area is 136 Å². The molecule has 1 fully saturated rings. The molecule has 0 amide bonds. The van der Waals surface area contributed by atoms with Gasteiger partial charge in [-0.15, -0.1) is 11.3 Å². The number of nitrogens with zero attached hydrogens (tertiary/aromatic N) is 1. The first-order valence-electron chi connectivity index (χ1n) is 7.73. The van der Waals surface area contributed by atoms with Crippen molar-refractivity contribution in [2.75, 3.05) is 20.6 Å². The van der Waals surface area contributed by atoms with Gasteiger partial charge >= 0.3 is 0 Å². The van der Waals surface area contributed by atoms with Crippen molar-refractivity contribution in [1.82, 2.24) is 10.2 Å². The van der Waals surface area contributed by atoms with Crippen LogP contribution in [0.15, 0.2) is 15.9 Å². The molecule has 1 unspecified atom stereocenters. The van der Waals surface area contributed by atoms with E-state index in [-0.39, 0.29) is 0 Å². The predicted octanol–water partition coefficient (Wildman–Crippen LogP) is 4.30. The molecule has 0 aliphatic heterocycles. The van der Waals surface area contributed by atoms with Gasteiger partial charge in [0.05, 0.1) is 0 Å². The molecule has 1 atom stereocenters. The van der Waals surface area contributed by atoms with Gasteiger partial charge in [0.15, 0.2) is 0 Å². The van der Waals surface area contributed by atoms with E-state index in [1.165, 1.54) is 41.5 Å². The predicted molar refractivity (Wildman–Crippen MR) is 92.7 cm³/mol. The van der Waals surface area contributed by atoms with E-state index in [0.717, 1.165) is 13.0 Å². The fourth-order valence-corrected chi connectivity index (χ4v) is 5.08. The average Bonchev–Trinajstić information content (AvgIpc) is 3.04. The highest BCUT2D eigenvalue weighted by Crippen LogP contribution is 2.39. The van der Waals surface area contributed by atoms with Gasteiger partial charge in [-0.2, -0.15) is 0 Å². The van der Waals surface area contributed by atoms with Crippen molar-refractivity contribution in [2.45, 2.75) is 57.0 Å². The molecule has 1 aliphatic carbocycles. The fourth-order valence-electron chi connectivity index (χ4n) is 3.52. The highest BCUT2D eigenvalue weighted by molar-refractivity contribution is 9.10. The summed E-state index contributed by atoms with van der Waals surface area (Å²) in [6.45, 7) is 3.37. The van der Waals surface area contributed by atoms with Crippen LogP contribution < -0.4 is 5.32 Å². The van der Waals surface area contributed by atoms with Crippen LogP contribution >= 0.6 is 27.3 Å². The highest BCUT2D eigenvalue weighted by Gasteiger charge is 2.43. The Morgan fingerprint density at radius 1 is 1.40 bits per heavy atom. The van der Waals surface area contributed by atoms with E-state index >= 15 is 0 Å². The second-order valence-electron chi connectivity index (χ2n) is 6.11. The van der Waals surface area contributed by atoms with Gasteiger partial charge in [0.1, 0.15) is 0 Å². The molecule has 0 radical (unpaired) electrons. The summed E-state index contributed by atoms with van der Waals surface area (Å²) in [4.78, 5) is 3.96. The van der Waals surface area contributed by atoms with Crippen molar-refractivity contribution in [2.24, 2.45) is 0 Å². The number of halogens is 1. The SMILES string of the molecule is CCCNC(Cc1sccc1Br)C1(N(C)C)CCCC1. The lowest BCUT2D eigenvalue weighted by Gasteiger charge is -2.44. The third kappa shape index (κ3) is 3.46. The number of thiophene rings is 1. The Morgan fingerprint density at radius 3 is 2.60 bits per heavy atom. The minimum absolute atomic E-state index is 0.332. The summed E-state index contributed by atoms with van der Waals surface area (Å²) < 4.78 is 1.28. The van der Waals surface area contributed by atoms with Crippen molar-refractivity contribution in [3.8, 4) is 0 Å². The Hall–Kier alpha value is 0.1000. The lowest BCUT2D eigenvalue weighted by molar-refractivity contribution is 0.105. The zero-order valence-corrected chi connectivity index (χ0v) is 15.3. The minimum atomic E-state index is 0.332. The van der Waals surface area contributed by atoms with Gasteiger partial charge in [0, 0.05) is 27.4 Å². The third-order valence-electron chi connectivity index (χ3n) is 4.73. The van der Waals surface area contributed by atoms with E-state index in [1.54, 1.807) is 0 Å². The van der Waals surface area contributed by atoms with Crippen LogP contribution in [0, 0.1) is 0 Å². The molecular formula is C16H27BrN2S. The molecule has 1 heterocycles. The molecular weight excluding hydrogens is 332 g/mol. The maximum Gasteiger partial charge on any atom is 0.0359 e. The van der Waals surface area contributed by atoms with E-state index in [2.05, 4.69) is 58.6 Å². The quantitative estimate of drug-likeness (QED) is 0.781. The Morgan fingerprint density at radius 2 is 2.10 bits per heavy atom. The molecule has 0 spiro atoms. The van der Waals surface area contributed by atoms with E-state index in [0.29, 0.717) is 11.6 Å². The smallest absolute Gasteiger partial charge is 0.0359 e. The van der Waals surface area contributed by atoms with Gasteiger partial charge in [0.2, 0.25) is 0 Å². The summed E-state index contributed by atoms with van der Waals surface area (Å²) >= 11 is 5.57. The molecule has 0 saturated heterocycles. The number of hydrogen-bond donors (Lipinski definition) is 1. The van der Waals surface area contributed by atoms with E-state index < -0.39 is 0 Å². The summed E-state index contributed by atoms with van der Waals surface area (Å²) in [7, 11) is 4.52. The molecule has 20 heavy (non-hydrogen) atoms. The molecule has 1 aliphatic rings. The maximum absolute atomic E-state index is 3.84. The van der Waals surface area contributed by atoms with E-state index in [4.69, 9.17) is 0 Å². The zero-order valence-electron chi connectivity index (χ0n) is 12.9. The molecule has 2 nitrogen and oxygen atoms in total. The maximum atomic E-state index is 3.84. The summed E-state index contributed by atoms with van der Waals surface area (Å²) in [5, 5.41) is 6.03. The number of hydrogen-bond acceptors (Lipinski definition) is 3. The largest absolute Gasteiger partial charge is 0.312 e. The van der Waals surface area contributed by atoms with Gasteiger partial charge < -0.3 is 10.2 Å². The van der Waals surface area contributed by atoms with E-state index in [9.17, 15) is 0 Å². The Kier molecular flexibility index (Phi) is 6.09. The van der Waals surface area contributed by atoms with Crippen LogP contribution in [0.4, 0.5) is 0 Å². The number of nitrogens with one attached hydrogen (secondary N) is 1. The van der Waals surface area contributed by atoms with Crippen LogP contribution in [0.5, 0.6) is 0 Å². The normalized spacial score (nSPS) is 19.6. The standard InChI is InChI=1S/C16H27BrN2S/c1-4-10-18-15(12-14-13(17)7-11-20-14)16(19(2)3)8-5-6-9-16/h7,11,15,18H,4-6,8-10,12H2,1-3H3. The lowest BCUT2D eigenvalue weighted by Crippen LogP contribution is -2.58. The van der Waals surface area contributed by atoms with Crippen molar-refractivity contribution in [1.29, 1.82) is 0 Å². The molecule has 2 rings (SSSR count). The summed E-state index contributed by atoms with van der Waals surface area (Å²) in [6, 6.07) is 2.73. The van der Waals surface area contributed by atoms with Crippen LogP contribution in [0.25, 0.3) is 0 Å². The molecule has 1 aromatic rings. The summed E-state index contributed by atoms with van der Waals surface area (Å²) in [5.41, 5.74) is 0.332. The zero-order chi connectivity index (χ0) is 14.6. The van der Waals surface area contributed by atoms with Crippen molar-refractivity contribution in [3.05, 3.63) is 20.8 Å². The van der Waals surface area contributed by atoms with Gasteiger partial charge in [-0.3, -0.25) is 0 Å². The third-order valence-corrected chi connectivity index (χ3v) is 6.68. The summed E-state index contributed by atoms with van der Waals surface area (Å²) in [6.07, 6.45) is 7.72. The molecule has 1 aromatic heterocycles. The lowest BCUT2D eigenvalue weighted by atomic mass is 9.84. The summed E-state index contributed by atoms with van der Waals surface area (Å²) in [5.74, 6) is 0. The molecule has 4 heteroatoms. The first-order chi connectivity index (χ1) is 9.60. The molecule has 0 aromatic carbocycles. The van der Waals surface area contributed by atoms with E-state index in [1.807, 2.05) is 11.3 Å². The first kappa shape index (κ1) is 16.5. The molecule has 1 saturated carbocycles. The van der Waals surface area contributed by atoms with Crippen molar-refractivity contribution in [3.63, 3.8) is 0 Å². The monoisotopic (exact) mass is 358 g/mol. The second kappa shape index (κ2) is 7.39. The van der Waals surface area contributed by atoms with Gasteiger partial charge in [-0.1, -0.05) is 19.8 Å². The topological polar surface area (TPSA) is 15.3 Å². The van der Waals surface area contributed by atoms with Crippen LogP contribution in [0.3, 0.4) is 0 Å². The molecule has 114 valence electrons. The Bertz CT molecular complexity index is 410. The minimum Gasteiger partial charge on any atom is -0.312 e. The van der Waals surface area contributed by atoms with Crippen LogP contribution in [0.2, 0.25) is 0 Å². The second-order valence-corrected chi connectivity index (χ2v) is 7.96. The van der Waals surface area contributed by atoms with Gasteiger partial charge in [0.25, 0.3) is 0 Å². The first-order valence-corrected chi connectivity index (χ1v) is 9.40. The van der Waals surface area contributed by atoms with Gasteiger partial charge in [-0.25, -0.2) is 0 Å². The van der Waals surface area contributed by atoms with Crippen LogP contribution in [-0.2, 0) is 6.42 Å². The van der Waals surface area contributed by atoms with Crippen LogP contribution in [0.1, 0.15) is 43.9 Å². The molecule has 0 bridgehead atoms.